The van der Waals surface area contributed by atoms with Gasteiger partial charge in [0.1, 0.15) is 34.5 Å². The number of carbonyl (C=O) groups is 1. The van der Waals surface area contributed by atoms with E-state index in [0.29, 0.717) is 58.2 Å². The van der Waals surface area contributed by atoms with Crippen LogP contribution in [0.3, 0.4) is 0 Å². The number of amides is 1. The fourth-order valence-electron chi connectivity index (χ4n) is 3.93. The normalized spacial score (nSPS) is 14.7. The third kappa shape index (κ3) is 4.18. The molecule has 0 unspecified atom stereocenters. The third-order valence-corrected chi connectivity index (χ3v) is 6.82. The standard InChI is InChI=1S/C23H18ClF2N3O3S/c1-12-19(20(28-32-12)15-4-2-3-5-16(15)24)22(30)29-8-6-14(7-9-29)31-23-27-21-17(26)10-13(25)11-18(21)33-23/h2-5,10-11,14H,6-9H2,1H3. The predicted octanol–water partition coefficient (Wildman–Crippen LogP) is 5.87. The number of aryl methyl sites for hydroxylation is 1. The number of fused-ring (bicyclic) bond motifs is 1. The molecule has 2 aromatic carbocycles. The second kappa shape index (κ2) is 8.72. The molecule has 1 saturated heterocycles. The average Bonchev–Trinajstić information content (AvgIpc) is 3.37. The van der Waals surface area contributed by atoms with Gasteiger partial charge in [0.2, 0.25) is 0 Å². The number of piperidine rings is 1. The van der Waals surface area contributed by atoms with Crippen LogP contribution in [0.1, 0.15) is 29.0 Å². The van der Waals surface area contributed by atoms with Crippen molar-refractivity contribution in [1.82, 2.24) is 15.0 Å². The summed E-state index contributed by atoms with van der Waals surface area (Å²) in [5, 5.41) is 4.84. The zero-order valence-electron chi connectivity index (χ0n) is 17.5. The minimum Gasteiger partial charge on any atom is -0.467 e. The Morgan fingerprint density at radius 3 is 2.76 bits per heavy atom. The fourth-order valence-corrected chi connectivity index (χ4v) is 5.07. The second-order valence-electron chi connectivity index (χ2n) is 7.77. The summed E-state index contributed by atoms with van der Waals surface area (Å²) in [6, 6.07) is 9.21. The molecule has 0 N–H and O–H groups in total. The highest BCUT2D eigenvalue weighted by molar-refractivity contribution is 7.20. The van der Waals surface area contributed by atoms with Gasteiger partial charge in [-0.15, -0.1) is 0 Å². The fraction of sp³-hybridized carbons (Fsp3) is 0.261. The Labute approximate surface area is 196 Å². The van der Waals surface area contributed by atoms with E-state index in [2.05, 4.69) is 10.1 Å². The van der Waals surface area contributed by atoms with Crippen molar-refractivity contribution in [2.45, 2.75) is 25.9 Å². The first-order chi connectivity index (χ1) is 15.9. The van der Waals surface area contributed by atoms with E-state index >= 15 is 0 Å². The summed E-state index contributed by atoms with van der Waals surface area (Å²) in [7, 11) is 0. The monoisotopic (exact) mass is 489 g/mol. The molecule has 0 saturated carbocycles. The van der Waals surface area contributed by atoms with Gasteiger partial charge in [0.25, 0.3) is 11.1 Å². The molecular weight excluding hydrogens is 472 g/mol. The highest BCUT2D eigenvalue weighted by Crippen LogP contribution is 2.34. The minimum absolute atomic E-state index is 0.0963. The van der Waals surface area contributed by atoms with Crippen molar-refractivity contribution in [1.29, 1.82) is 0 Å². The molecule has 4 aromatic rings. The summed E-state index contributed by atoms with van der Waals surface area (Å²) in [5.74, 6) is -1.12. The third-order valence-electron chi connectivity index (χ3n) is 5.60. The molecule has 0 aliphatic carbocycles. The zero-order valence-corrected chi connectivity index (χ0v) is 19.1. The van der Waals surface area contributed by atoms with Crippen molar-refractivity contribution in [3.8, 4) is 16.5 Å². The summed E-state index contributed by atoms with van der Waals surface area (Å²) in [6.07, 6.45) is 0.961. The lowest BCUT2D eigenvalue weighted by molar-refractivity contribution is 0.0594. The Kier molecular flexibility index (Phi) is 5.76. The molecule has 0 bridgehead atoms. The van der Waals surface area contributed by atoms with Crippen LogP contribution < -0.4 is 4.74 Å². The smallest absolute Gasteiger partial charge is 0.274 e. The Hall–Kier alpha value is -3.04. The number of likely N-dealkylation sites (tertiary alicyclic amines) is 1. The van der Waals surface area contributed by atoms with Crippen LogP contribution in [0.15, 0.2) is 40.9 Å². The SMILES string of the molecule is Cc1onc(-c2ccccc2Cl)c1C(=O)N1CCC(Oc2nc3c(F)cc(F)cc3s2)CC1. The van der Waals surface area contributed by atoms with Crippen LogP contribution in [0.4, 0.5) is 8.78 Å². The first kappa shape index (κ1) is 21.8. The van der Waals surface area contributed by atoms with Crippen molar-refractivity contribution < 1.29 is 22.8 Å². The summed E-state index contributed by atoms with van der Waals surface area (Å²) in [6.45, 7) is 2.62. The van der Waals surface area contributed by atoms with E-state index in [1.54, 1.807) is 30.0 Å². The van der Waals surface area contributed by atoms with E-state index < -0.39 is 11.6 Å². The van der Waals surface area contributed by atoms with E-state index in [4.69, 9.17) is 20.9 Å². The maximum atomic E-state index is 13.9. The van der Waals surface area contributed by atoms with Crippen molar-refractivity contribution >= 4 is 39.1 Å². The first-order valence-electron chi connectivity index (χ1n) is 10.3. The molecule has 1 aliphatic heterocycles. The molecule has 1 aliphatic rings. The zero-order chi connectivity index (χ0) is 23.1. The molecule has 170 valence electrons. The van der Waals surface area contributed by atoms with E-state index in [0.717, 1.165) is 17.4 Å². The van der Waals surface area contributed by atoms with Crippen LogP contribution in [0.2, 0.25) is 5.02 Å². The number of thiazole rings is 1. The highest BCUT2D eigenvalue weighted by Gasteiger charge is 2.30. The molecular formula is C23H18ClF2N3O3S. The van der Waals surface area contributed by atoms with Crippen LogP contribution in [0.25, 0.3) is 21.5 Å². The molecule has 6 nitrogen and oxygen atoms in total. The van der Waals surface area contributed by atoms with Crippen molar-refractivity contribution in [3.63, 3.8) is 0 Å². The summed E-state index contributed by atoms with van der Waals surface area (Å²) in [5.41, 5.74) is 1.55. The average molecular weight is 490 g/mol. The van der Waals surface area contributed by atoms with Gasteiger partial charge < -0.3 is 14.2 Å². The summed E-state index contributed by atoms with van der Waals surface area (Å²) in [4.78, 5) is 19.2. The Bertz CT molecular complexity index is 1350. The van der Waals surface area contributed by atoms with Gasteiger partial charge in [-0.05, 0) is 19.1 Å². The van der Waals surface area contributed by atoms with Crippen LogP contribution in [-0.2, 0) is 0 Å². The Morgan fingerprint density at radius 2 is 2.00 bits per heavy atom. The van der Waals surface area contributed by atoms with Crippen molar-refractivity contribution in [2.24, 2.45) is 0 Å². The van der Waals surface area contributed by atoms with Crippen molar-refractivity contribution in [3.05, 3.63) is 64.4 Å². The van der Waals surface area contributed by atoms with Gasteiger partial charge in [0.15, 0.2) is 5.82 Å². The largest absolute Gasteiger partial charge is 0.467 e. The number of ether oxygens (including phenoxy) is 1. The highest BCUT2D eigenvalue weighted by atomic mass is 35.5. The predicted molar refractivity (Wildman–Crippen MR) is 121 cm³/mol. The maximum Gasteiger partial charge on any atom is 0.274 e. The van der Waals surface area contributed by atoms with Gasteiger partial charge in [-0.25, -0.2) is 8.78 Å². The number of nitrogens with zero attached hydrogens (tertiary/aromatic N) is 3. The topological polar surface area (TPSA) is 68.5 Å². The molecule has 0 radical (unpaired) electrons. The van der Waals surface area contributed by atoms with Crippen LogP contribution in [0.5, 0.6) is 5.19 Å². The number of halogens is 3. The van der Waals surface area contributed by atoms with Gasteiger partial charge in [-0.3, -0.25) is 4.79 Å². The lowest BCUT2D eigenvalue weighted by atomic mass is 10.0. The van der Waals surface area contributed by atoms with E-state index in [1.807, 2.05) is 6.07 Å². The van der Waals surface area contributed by atoms with E-state index in [9.17, 15) is 13.6 Å². The molecule has 0 atom stereocenters. The molecule has 33 heavy (non-hydrogen) atoms. The van der Waals surface area contributed by atoms with Crippen LogP contribution in [-0.4, -0.2) is 40.1 Å². The van der Waals surface area contributed by atoms with Gasteiger partial charge in [0, 0.05) is 37.6 Å². The molecule has 5 rings (SSSR count). The number of benzene rings is 2. The van der Waals surface area contributed by atoms with Crippen molar-refractivity contribution in [2.75, 3.05) is 13.1 Å². The molecule has 1 fully saturated rings. The lowest BCUT2D eigenvalue weighted by Crippen LogP contribution is -2.42. The van der Waals surface area contributed by atoms with Gasteiger partial charge in [-0.1, -0.05) is 46.3 Å². The number of carbonyl (C=O) groups excluding carboxylic acids is 1. The van der Waals surface area contributed by atoms with Gasteiger partial charge in [-0.2, -0.15) is 4.98 Å². The number of rotatable bonds is 4. The molecule has 1 amide bonds. The summed E-state index contributed by atoms with van der Waals surface area (Å²) >= 11 is 7.40. The van der Waals surface area contributed by atoms with Crippen LogP contribution in [0, 0.1) is 18.6 Å². The van der Waals surface area contributed by atoms with Gasteiger partial charge in [0.05, 0.1) is 9.72 Å². The Morgan fingerprint density at radius 1 is 1.24 bits per heavy atom. The van der Waals surface area contributed by atoms with Crippen LogP contribution >= 0.6 is 22.9 Å². The molecule has 2 aromatic heterocycles. The molecule has 0 spiro atoms. The number of hydrogen-bond donors (Lipinski definition) is 0. The second-order valence-corrected chi connectivity index (χ2v) is 9.17. The minimum atomic E-state index is -0.713. The Balaban J connectivity index is 1.28. The number of aromatic nitrogens is 2. The maximum absolute atomic E-state index is 13.9. The lowest BCUT2D eigenvalue weighted by Gasteiger charge is -2.31. The van der Waals surface area contributed by atoms with E-state index in [-0.39, 0.29) is 22.7 Å². The summed E-state index contributed by atoms with van der Waals surface area (Å²) < 4.78 is 39.0. The quantitative estimate of drug-likeness (QED) is 0.358. The first-order valence-corrected chi connectivity index (χ1v) is 11.5. The van der Waals surface area contributed by atoms with E-state index in [1.165, 1.54) is 6.07 Å². The van der Waals surface area contributed by atoms with Gasteiger partial charge >= 0.3 is 0 Å². The molecule has 10 heteroatoms. The number of hydrogen-bond acceptors (Lipinski definition) is 6. The molecule has 3 heterocycles.